The van der Waals surface area contributed by atoms with Crippen molar-refractivity contribution in [2.24, 2.45) is 11.7 Å². The summed E-state index contributed by atoms with van der Waals surface area (Å²) in [6, 6.07) is 7.21. The topological polar surface area (TPSA) is 105 Å². The zero-order valence-electron chi connectivity index (χ0n) is 15.6. The lowest BCUT2D eigenvalue weighted by Crippen LogP contribution is -2.49. The largest absolute Gasteiger partial charge is 0.508 e. The second-order valence-corrected chi connectivity index (χ2v) is 6.85. The van der Waals surface area contributed by atoms with E-state index in [4.69, 9.17) is 16.4 Å². The van der Waals surface area contributed by atoms with Crippen LogP contribution in [0.5, 0.6) is 11.5 Å². The van der Waals surface area contributed by atoms with Crippen molar-refractivity contribution in [1.29, 1.82) is 0 Å². The van der Waals surface area contributed by atoms with Gasteiger partial charge in [0.05, 0.1) is 5.69 Å². The molecule has 1 aliphatic rings. The Bertz CT molecular complexity index is 914. The predicted molar refractivity (Wildman–Crippen MR) is 99.9 cm³/mol. The molecule has 1 fully saturated rings. The van der Waals surface area contributed by atoms with Crippen molar-refractivity contribution in [1.82, 2.24) is 5.01 Å². The van der Waals surface area contributed by atoms with Crippen molar-refractivity contribution in [3.63, 3.8) is 0 Å². The van der Waals surface area contributed by atoms with Gasteiger partial charge in [0.15, 0.2) is 0 Å². The Hall–Kier alpha value is -2.98. The number of hydrogen-bond donors (Lipinski definition) is 3. The van der Waals surface area contributed by atoms with E-state index in [1.165, 1.54) is 7.05 Å². The maximum Gasteiger partial charge on any atom is 0.420 e. The third-order valence-corrected chi connectivity index (χ3v) is 4.61. The third-order valence-electron chi connectivity index (χ3n) is 4.61. The summed E-state index contributed by atoms with van der Waals surface area (Å²) in [5.41, 5.74) is 0.570. The molecule has 1 aliphatic carbocycles. The van der Waals surface area contributed by atoms with Crippen LogP contribution in [0.15, 0.2) is 36.4 Å². The molecule has 0 radical (unpaired) electrons. The molecule has 1 saturated carbocycles. The highest BCUT2D eigenvalue weighted by molar-refractivity contribution is 5.91. The second kappa shape index (κ2) is 7.80. The van der Waals surface area contributed by atoms with Crippen LogP contribution in [0.3, 0.4) is 0 Å². The number of halogens is 3. The lowest BCUT2D eigenvalue weighted by molar-refractivity contribution is -0.139. The summed E-state index contributed by atoms with van der Waals surface area (Å²) in [5, 5.41) is 11.0. The van der Waals surface area contributed by atoms with E-state index >= 15 is 0 Å². The van der Waals surface area contributed by atoms with Gasteiger partial charge in [-0.15, -0.1) is 0 Å². The summed E-state index contributed by atoms with van der Waals surface area (Å²) in [6.07, 6.45) is -2.84. The third kappa shape index (κ3) is 4.54. The number of ether oxygens (including phenoxy) is 1. The molecule has 2 aromatic carbocycles. The molecule has 0 saturated heterocycles. The molecular weight excluding hydrogens is 389 g/mol. The first-order valence-electron chi connectivity index (χ1n) is 8.81. The molecule has 0 atom stereocenters. The monoisotopic (exact) mass is 410 g/mol. The Morgan fingerprint density at radius 1 is 1.24 bits per heavy atom. The van der Waals surface area contributed by atoms with Crippen molar-refractivity contribution in [2.45, 2.75) is 31.5 Å². The van der Waals surface area contributed by atoms with Crippen LogP contribution in [0.25, 0.3) is 0 Å². The quantitative estimate of drug-likeness (QED) is 0.398. The molecule has 7 nitrogen and oxygen atoms in total. The number of anilines is 1. The number of nitrogens with zero attached hydrogens (tertiary/aromatic N) is 2. The Balaban J connectivity index is 1.96. The summed E-state index contributed by atoms with van der Waals surface area (Å²) in [7, 11) is 1.33. The van der Waals surface area contributed by atoms with Gasteiger partial charge in [-0.2, -0.15) is 13.2 Å². The van der Waals surface area contributed by atoms with Crippen LogP contribution in [0.4, 0.5) is 23.7 Å². The standard InChI is InChI=1S/C19H21F3N4O3/c1-25(23)18(28)26(24)16-4-2-3-13(11-5-6-11)14(16)10-29-17-8-7-12(27)9-15(17)19(20,21)22/h2-4,7-9,11,27H,5-6,10,23-24H2,1H3. The molecule has 10 heteroatoms. The summed E-state index contributed by atoms with van der Waals surface area (Å²) in [5.74, 6) is 10.7. The average Bonchev–Trinajstić information content (AvgIpc) is 3.49. The zero-order valence-corrected chi connectivity index (χ0v) is 15.6. The molecule has 3 rings (SSSR count). The Labute approximate surface area is 165 Å². The highest BCUT2D eigenvalue weighted by Crippen LogP contribution is 2.44. The van der Waals surface area contributed by atoms with Gasteiger partial charge in [-0.1, -0.05) is 12.1 Å². The first-order valence-corrected chi connectivity index (χ1v) is 8.81. The summed E-state index contributed by atoms with van der Waals surface area (Å²) in [4.78, 5) is 12.2. The first kappa shape index (κ1) is 20.7. The van der Waals surface area contributed by atoms with Gasteiger partial charge >= 0.3 is 12.2 Å². The molecule has 2 amide bonds. The molecule has 5 N–H and O–H groups in total. The second-order valence-electron chi connectivity index (χ2n) is 6.85. The number of hydrogen-bond acceptors (Lipinski definition) is 5. The fourth-order valence-corrected chi connectivity index (χ4v) is 3.04. The van der Waals surface area contributed by atoms with Crippen molar-refractivity contribution >= 4 is 11.7 Å². The Morgan fingerprint density at radius 2 is 1.93 bits per heavy atom. The fourth-order valence-electron chi connectivity index (χ4n) is 3.04. The molecule has 0 spiro atoms. The van der Waals surface area contributed by atoms with Gasteiger partial charge in [-0.3, -0.25) is 5.01 Å². The van der Waals surface area contributed by atoms with E-state index in [1.54, 1.807) is 12.1 Å². The van der Waals surface area contributed by atoms with Crippen LogP contribution in [0.2, 0.25) is 0 Å². The van der Waals surface area contributed by atoms with E-state index in [-0.39, 0.29) is 12.5 Å². The average molecular weight is 410 g/mol. The number of phenolic OH excluding ortho intramolecular Hbond substituents is 1. The lowest BCUT2D eigenvalue weighted by atomic mass is 10.0. The Morgan fingerprint density at radius 3 is 2.52 bits per heavy atom. The molecule has 0 bridgehead atoms. The number of urea groups is 1. The van der Waals surface area contributed by atoms with Crippen LogP contribution in [-0.4, -0.2) is 23.2 Å². The van der Waals surface area contributed by atoms with Gasteiger partial charge in [0.2, 0.25) is 0 Å². The van der Waals surface area contributed by atoms with E-state index in [2.05, 4.69) is 0 Å². The molecule has 0 aliphatic heterocycles. The summed E-state index contributed by atoms with van der Waals surface area (Å²) >= 11 is 0. The normalized spacial score (nSPS) is 13.9. The first-order chi connectivity index (χ1) is 13.6. The number of benzene rings is 2. The minimum atomic E-state index is -4.70. The summed E-state index contributed by atoms with van der Waals surface area (Å²) in [6.45, 7) is -0.245. The molecule has 156 valence electrons. The molecule has 0 unspecified atom stereocenters. The van der Waals surface area contributed by atoms with Crippen molar-refractivity contribution in [2.75, 3.05) is 12.1 Å². The smallest absolute Gasteiger partial charge is 0.420 e. The SMILES string of the molecule is CN(N)C(=O)N(N)c1cccc(C2CC2)c1COc1ccc(O)cc1C(F)(F)F. The van der Waals surface area contributed by atoms with E-state index in [1.807, 2.05) is 6.07 Å². The molecule has 2 aromatic rings. The van der Waals surface area contributed by atoms with Gasteiger partial charge in [0, 0.05) is 12.6 Å². The number of carbonyl (C=O) groups excluding carboxylic acids is 1. The highest BCUT2D eigenvalue weighted by Gasteiger charge is 2.35. The van der Waals surface area contributed by atoms with Crippen LogP contribution in [0.1, 0.15) is 35.4 Å². The lowest BCUT2D eigenvalue weighted by Gasteiger charge is -2.25. The number of carbonyl (C=O) groups is 1. The molecule has 0 aromatic heterocycles. The zero-order chi connectivity index (χ0) is 21.3. The summed E-state index contributed by atoms with van der Waals surface area (Å²) < 4.78 is 45.4. The number of amides is 2. The van der Waals surface area contributed by atoms with Crippen LogP contribution in [-0.2, 0) is 12.8 Å². The molecule has 29 heavy (non-hydrogen) atoms. The van der Waals surface area contributed by atoms with Crippen LogP contribution >= 0.6 is 0 Å². The molecule has 0 heterocycles. The number of alkyl halides is 3. The van der Waals surface area contributed by atoms with Gasteiger partial charge in [-0.25, -0.2) is 21.5 Å². The number of nitrogens with two attached hydrogens (primary N) is 2. The van der Waals surface area contributed by atoms with Crippen molar-refractivity contribution < 1.29 is 27.8 Å². The maximum atomic E-state index is 13.3. The molecular formula is C19H21F3N4O3. The number of hydrazine groups is 2. The van der Waals surface area contributed by atoms with E-state index in [0.717, 1.165) is 40.6 Å². The van der Waals surface area contributed by atoms with Crippen LogP contribution < -0.4 is 21.4 Å². The highest BCUT2D eigenvalue weighted by atomic mass is 19.4. The van der Waals surface area contributed by atoms with Gasteiger partial charge in [-0.05, 0) is 48.6 Å². The van der Waals surface area contributed by atoms with Crippen molar-refractivity contribution in [3.8, 4) is 11.5 Å². The number of aromatic hydroxyl groups is 1. The predicted octanol–water partition coefficient (Wildman–Crippen LogP) is 3.47. The van der Waals surface area contributed by atoms with E-state index in [9.17, 15) is 23.1 Å². The van der Waals surface area contributed by atoms with Crippen molar-refractivity contribution in [3.05, 3.63) is 53.1 Å². The van der Waals surface area contributed by atoms with Gasteiger partial charge < -0.3 is 9.84 Å². The van der Waals surface area contributed by atoms with Gasteiger partial charge in [0.25, 0.3) is 0 Å². The fraction of sp³-hybridized carbons (Fsp3) is 0.316. The van der Waals surface area contributed by atoms with Crippen LogP contribution in [0, 0.1) is 0 Å². The van der Waals surface area contributed by atoms with E-state index in [0.29, 0.717) is 17.3 Å². The minimum Gasteiger partial charge on any atom is -0.508 e. The Kier molecular flexibility index (Phi) is 5.58. The van der Waals surface area contributed by atoms with E-state index < -0.39 is 29.3 Å². The van der Waals surface area contributed by atoms with Gasteiger partial charge in [0.1, 0.15) is 23.7 Å². The number of phenols is 1. The number of rotatable bonds is 5. The minimum absolute atomic E-state index is 0.231. The maximum absolute atomic E-state index is 13.3.